The van der Waals surface area contributed by atoms with Crippen LogP contribution in [0.4, 0.5) is 0 Å². The highest BCUT2D eigenvalue weighted by atomic mass is 35.5. The Balaban J connectivity index is 1.84. The van der Waals surface area contributed by atoms with Gasteiger partial charge in [0.05, 0.1) is 17.0 Å². The molecule has 100 valence electrons. The molecule has 0 fully saturated rings. The Morgan fingerprint density at radius 3 is 3.00 bits per heavy atom. The van der Waals surface area contributed by atoms with E-state index >= 15 is 0 Å². The van der Waals surface area contributed by atoms with Crippen LogP contribution in [0.3, 0.4) is 0 Å². The van der Waals surface area contributed by atoms with Crippen LogP contribution >= 0.6 is 34.3 Å². The van der Waals surface area contributed by atoms with Crippen molar-refractivity contribution in [3.05, 3.63) is 50.7 Å². The van der Waals surface area contributed by atoms with Gasteiger partial charge in [0.15, 0.2) is 0 Å². The molecule has 5 heteroatoms. The Kier molecular flexibility index (Phi) is 2.84. The normalized spacial score (nSPS) is 13.4. The molecule has 0 aliphatic carbocycles. The molecule has 0 spiro atoms. The molecule has 4 rings (SSSR count). The van der Waals surface area contributed by atoms with E-state index in [1.54, 1.807) is 17.4 Å². The highest BCUT2D eigenvalue weighted by Gasteiger charge is 2.24. The third-order valence-corrected chi connectivity index (χ3v) is 5.67. The van der Waals surface area contributed by atoms with Gasteiger partial charge >= 0.3 is 0 Å². The lowest BCUT2D eigenvalue weighted by atomic mass is 10.0. The second-order valence-corrected chi connectivity index (χ2v) is 7.10. The van der Waals surface area contributed by atoms with Crippen molar-refractivity contribution in [2.75, 3.05) is 6.61 Å². The van der Waals surface area contributed by atoms with Crippen LogP contribution < -0.4 is 4.74 Å². The van der Waals surface area contributed by atoms with Gasteiger partial charge in [-0.15, -0.1) is 22.7 Å². The maximum absolute atomic E-state index is 12.7. The van der Waals surface area contributed by atoms with Crippen molar-refractivity contribution < 1.29 is 9.53 Å². The van der Waals surface area contributed by atoms with E-state index < -0.39 is 0 Å². The number of carbonyl (C=O) groups excluding carboxylic acids is 1. The molecule has 1 aliphatic rings. The summed E-state index contributed by atoms with van der Waals surface area (Å²) in [4.78, 5) is 13.4. The SMILES string of the molecule is O=C(c1cc2sccc2s1)c1cc(Cl)cc2c1OCC2. The fourth-order valence-electron chi connectivity index (χ4n) is 2.45. The third kappa shape index (κ3) is 1.87. The number of hydrogen-bond acceptors (Lipinski definition) is 4. The van der Waals surface area contributed by atoms with Gasteiger partial charge < -0.3 is 4.74 Å². The number of hydrogen-bond donors (Lipinski definition) is 0. The van der Waals surface area contributed by atoms with Crippen LogP contribution in [0.25, 0.3) is 9.40 Å². The monoisotopic (exact) mass is 320 g/mol. The van der Waals surface area contributed by atoms with Crippen LogP contribution in [0.5, 0.6) is 5.75 Å². The van der Waals surface area contributed by atoms with Gasteiger partial charge in [-0.3, -0.25) is 4.79 Å². The molecular weight excluding hydrogens is 312 g/mol. The molecule has 0 unspecified atom stereocenters. The van der Waals surface area contributed by atoms with Crippen LogP contribution in [0.15, 0.2) is 29.6 Å². The number of ketones is 1. The van der Waals surface area contributed by atoms with E-state index in [1.165, 1.54) is 11.3 Å². The van der Waals surface area contributed by atoms with Gasteiger partial charge in [-0.05, 0) is 35.2 Å². The molecule has 0 N–H and O–H groups in total. The van der Waals surface area contributed by atoms with Gasteiger partial charge in [0.2, 0.25) is 5.78 Å². The maximum atomic E-state index is 12.7. The smallest absolute Gasteiger partial charge is 0.206 e. The average molecular weight is 321 g/mol. The summed E-state index contributed by atoms with van der Waals surface area (Å²) in [6, 6.07) is 7.59. The summed E-state index contributed by atoms with van der Waals surface area (Å²) in [6.07, 6.45) is 0.815. The van der Waals surface area contributed by atoms with Gasteiger partial charge in [0, 0.05) is 20.8 Å². The van der Waals surface area contributed by atoms with Gasteiger partial charge in [0.25, 0.3) is 0 Å². The number of carbonyl (C=O) groups is 1. The molecular formula is C15H9ClO2S2. The van der Waals surface area contributed by atoms with Crippen molar-refractivity contribution in [3.63, 3.8) is 0 Å². The van der Waals surface area contributed by atoms with Crippen molar-refractivity contribution in [3.8, 4) is 5.75 Å². The van der Waals surface area contributed by atoms with Crippen LogP contribution in [0.1, 0.15) is 20.8 Å². The summed E-state index contributed by atoms with van der Waals surface area (Å²) in [5, 5.41) is 2.63. The second-order valence-electron chi connectivity index (χ2n) is 4.63. The van der Waals surface area contributed by atoms with E-state index in [1.807, 2.05) is 23.6 Å². The molecule has 0 radical (unpaired) electrons. The van der Waals surface area contributed by atoms with Crippen LogP contribution in [0.2, 0.25) is 5.02 Å². The number of fused-ring (bicyclic) bond motifs is 2. The summed E-state index contributed by atoms with van der Waals surface area (Å²) < 4.78 is 7.91. The molecule has 2 aromatic heterocycles. The lowest BCUT2D eigenvalue weighted by Gasteiger charge is -2.06. The maximum Gasteiger partial charge on any atom is 0.206 e. The Bertz CT molecular complexity index is 803. The summed E-state index contributed by atoms with van der Waals surface area (Å²) >= 11 is 9.29. The molecule has 0 atom stereocenters. The largest absolute Gasteiger partial charge is 0.492 e. The van der Waals surface area contributed by atoms with Crippen LogP contribution in [0, 0.1) is 0 Å². The number of halogens is 1. The van der Waals surface area contributed by atoms with E-state index in [2.05, 4.69) is 0 Å². The van der Waals surface area contributed by atoms with Crippen LogP contribution in [-0.4, -0.2) is 12.4 Å². The lowest BCUT2D eigenvalue weighted by molar-refractivity contribution is 0.103. The van der Waals surface area contributed by atoms with Crippen LogP contribution in [-0.2, 0) is 6.42 Å². The summed E-state index contributed by atoms with van der Waals surface area (Å²) in [6.45, 7) is 0.621. The highest BCUT2D eigenvalue weighted by Crippen LogP contribution is 2.37. The van der Waals surface area contributed by atoms with Gasteiger partial charge in [-0.2, -0.15) is 0 Å². The molecule has 20 heavy (non-hydrogen) atoms. The molecule has 0 saturated heterocycles. The fraction of sp³-hybridized carbons (Fsp3) is 0.133. The summed E-state index contributed by atoms with van der Waals surface area (Å²) in [5.41, 5.74) is 1.61. The topological polar surface area (TPSA) is 26.3 Å². The fourth-order valence-corrected chi connectivity index (χ4v) is 4.75. The molecule has 2 nitrogen and oxygen atoms in total. The van der Waals surface area contributed by atoms with E-state index in [9.17, 15) is 4.79 Å². The average Bonchev–Trinajstić information content (AvgIpc) is 3.10. The van der Waals surface area contributed by atoms with Gasteiger partial charge in [-0.1, -0.05) is 11.6 Å². The van der Waals surface area contributed by atoms with Gasteiger partial charge in [-0.25, -0.2) is 0 Å². The Hall–Kier alpha value is -1.36. The van der Waals surface area contributed by atoms with Crippen molar-refractivity contribution >= 4 is 49.5 Å². The summed E-state index contributed by atoms with van der Waals surface area (Å²) in [7, 11) is 0. The first-order valence-electron chi connectivity index (χ1n) is 6.19. The molecule has 3 aromatic rings. The van der Waals surface area contributed by atoms with E-state index in [-0.39, 0.29) is 5.78 Å². The lowest BCUT2D eigenvalue weighted by Crippen LogP contribution is -2.01. The minimum absolute atomic E-state index is 0.000880. The van der Waals surface area contributed by atoms with Crippen molar-refractivity contribution in [2.45, 2.75) is 6.42 Å². The minimum Gasteiger partial charge on any atom is -0.492 e. The first kappa shape index (κ1) is 12.4. The zero-order chi connectivity index (χ0) is 13.7. The molecule has 0 saturated carbocycles. The quantitative estimate of drug-likeness (QED) is 0.635. The molecule has 1 aliphatic heterocycles. The minimum atomic E-state index is -0.000880. The van der Waals surface area contributed by atoms with Gasteiger partial charge in [0.1, 0.15) is 5.75 Å². The third-order valence-electron chi connectivity index (χ3n) is 3.36. The number of ether oxygens (including phenoxy) is 1. The molecule has 1 aromatic carbocycles. The molecule has 0 bridgehead atoms. The number of rotatable bonds is 2. The second kappa shape index (κ2) is 4.58. The van der Waals surface area contributed by atoms with Crippen molar-refractivity contribution in [1.82, 2.24) is 0 Å². The van der Waals surface area contributed by atoms with Crippen molar-refractivity contribution in [1.29, 1.82) is 0 Å². The first-order chi connectivity index (χ1) is 9.72. The summed E-state index contributed by atoms with van der Waals surface area (Å²) in [5.74, 6) is 0.704. The number of thiophene rings is 2. The van der Waals surface area contributed by atoms with E-state index in [0.29, 0.717) is 22.9 Å². The zero-order valence-electron chi connectivity index (χ0n) is 10.3. The highest BCUT2D eigenvalue weighted by molar-refractivity contribution is 7.28. The van der Waals surface area contributed by atoms with E-state index in [0.717, 1.165) is 26.3 Å². The predicted molar refractivity (Wildman–Crippen MR) is 83.8 cm³/mol. The van der Waals surface area contributed by atoms with Crippen molar-refractivity contribution in [2.24, 2.45) is 0 Å². The standard InChI is InChI=1S/C15H9ClO2S2/c16-9-5-8-1-3-18-15(8)10(6-9)14(17)13-7-12-11(20-13)2-4-19-12/h2,4-7H,1,3H2. The Labute approximate surface area is 128 Å². The first-order valence-corrected chi connectivity index (χ1v) is 8.27. The number of benzene rings is 1. The predicted octanol–water partition coefficient (Wildman–Crippen LogP) is 4.78. The Morgan fingerprint density at radius 1 is 1.25 bits per heavy atom. The molecule has 3 heterocycles. The Morgan fingerprint density at radius 2 is 2.15 bits per heavy atom. The zero-order valence-corrected chi connectivity index (χ0v) is 12.7. The molecule has 0 amide bonds. The van der Waals surface area contributed by atoms with E-state index in [4.69, 9.17) is 16.3 Å².